The average Bonchev–Trinajstić information content (AvgIpc) is 2.68. The van der Waals surface area contributed by atoms with Crippen molar-refractivity contribution in [3.8, 4) is 0 Å². The molecule has 0 radical (unpaired) electrons. The Labute approximate surface area is 149 Å². The van der Waals surface area contributed by atoms with Gasteiger partial charge in [0.2, 0.25) is 0 Å². The van der Waals surface area contributed by atoms with Gasteiger partial charge in [-0.1, -0.05) is 43.3 Å². The quantitative estimate of drug-likeness (QED) is 0.697. The van der Waals surface area contributed by atoms with Crippen molar-refractivity contribution in [3.05, 3.63) is 66.0 Å². The summed E-state index contributed by atoms with van der Waals surface area (Å²) in [5, 5.41) is 1.20. The maximum absolute atomic E-state index is 4.63. The van der Waals surface area contributed by atoms with E-state index >= 15 is 0 Å². The van der Waals surface area contributed by atoms with Crippen LogP contribution in [0.2, 0.25) is 0 Å². The Morgan fingerprint density at radius 1 is 0.960 bits per heavy atom. The Morgan fingerprint density at radius 3 is 2.52 bits per heavy atom. The van der Waals surface area contributed by atoms with Gasteiger partial charge in [0, 0.05) is 18.5 Å². The van der Waals surface area contributed by atoms with Crippen LogP contribution >= 0.6 is 0 Å². The van der Waals surface area contributed by atoms with Gasteiger partial charge in [-0.15, -0.1) is 0 Å². The molecule has 4 rings (SSSR count). The van der Waals surface area contributed by atoms with Crippen LogP contribution in [-0.4, -0.2) is 23.1 Å². The van der Waals surface area contributed by atoms with E-state index in [1.54, 1.807) is 6.33 Å². The van der Waals surface area contributed by atoms with E-state index in [0.29, 0.717) is 0 Å². The van der Waals surface area contributed by atoms with Gasteiger partial charge >= 0.3 is 0 Å². The number of aromatic nitrogens is 2. The summed E-state index contributed by atoms with van der Waals surface area (Å²) in [6.07, 6.45) is 6.41. The Hall–Kier alpha value is -2.42. The molecule has 3 aromatic rings. The number of hydrogen-bond acceptors (Lipinski definition) is 3. The van der Waals surface area contributed by atoms with Crippen molar-refractivity contribution >= 4 is 16.7 Å². The van der Waals surface area contributed by atoms with Gasteiger partial charge in [-0.25, -0.2) is 9.97 Å². The van der Waals surface area contributed by atoms with Crippen LogP contribution in [0.1, 0.15) is 30.9 Å². The van der Waals surface area contributed by atoms with Crippen molar-refractivity contribution < 1.29 is 0 Å². The number of nitrogens with zero attached hydrogens (tertiary/aromatic N) is 3. The molecule has 0 bridgehead atoms. The second-order valence-electron chi connectivity index (χ2n) is 7.02. The molecule has 0 N–H and O–H groups in total. The predicted octanol–water partition coefficient (Wildman–Crippen LogP) is 4.65. The lowest BCUT2D eigenvalue weighted by molar-refractivity contribution is 0.402. The number of benzene rings is 2. The van der Waals surface area contributed by atoms with Crippen molar-refractivity contribution in [1.82, 2.24) is 9.97 Å². The van der Waals surface area contributed by atoms with Crippen molar-refractivity contribution in [2.24, 2.45) is 5.92 Å². The average molecular weight is 331 g/mol. The summed E-state index contributed by atoms with van der Waals surface area (Å²) >= 11 is 0. The van der Waals surface area contributed by atoms with E-state index in [1.165, 1.54) is 35.8 Å². The first kappa shape index (κ1) is 16.1. The molecule has 1 aliphatic rings. The molecule has 128 valence electrons. The van der Waals surface area contributed by atoms with Gasteiger partial charge in [0.25, 0.3) is 0 Å². The summed E-state index contributed by atoms with van der Waals surface area (Å²) in [5.74, 6) is 1.89. The zero-order valence-corrected chi connectivity index (χ0v) is 14.9. The monoisotopic (exact) mass is 331 g/mol. The normalized spacial score (nSPS) is 15.6. The zero-order chi connectivity index (χ0) is 17.1. The van der Waals surface area contributed by atoms with E-state index in [2.05, 4.69) is 70.3 Å². The number of fused-ring (bicyclic) bond motifs is 1. The lowest BCUT2D eigenvalue weighted by atomic mass is 9.90. The highest BCUT2D eigenvalue weighted by atomic mass is 15.2. The molecule has 0 aliphatic carbocycles. The van der Waals surface area contributed by atoms with E-state index in [0.717, 1.165) is 36.8 Å². The van der Waals surface area contributed by atoms with Gasteiger partial charge < -0.3 is 4.90 Å². The summed E-state index contributed by atoms with van der Waals surface area (Å²) in [6, 6.07) is 17.4. The van der Waals surface area contributed by atoms with E-state index in [4.69, 9.17) is 0 Å². The zero-order valence-electron chi connectivity index (χ0n) is 14.9. The molecule has 1 saturated heterocycles. The van der Waals surface area contributed by atoms with Crippen molar-refractivity contribution in [2.75, 3.05) is 18.0 Å². The lowest BCUT2D eigenvalue weighted by Crippen LogP contribution is -2.35. The molecule has 3 heteroatoms. The lowest BCUT2D eigenvalue weighted by Gasteiger charge is -2.33. The van der Waals surface area contributed by atoms with E-state index < -0.39 is 0 Å². The SMILES string of the molecule is CCc1ccc2ncnc(N3CCC(Cc4ccccc4)CC3)c2c1. The summed E-state index contributed by atoms with van der Waals surface area (Å²) < 4.78 is 0. The number of aryl methyl sites for hydroxylation is 1. The van der Waals surface area contributed by atoms with E-state index in [1.807, 2.05) is 0 Å². The third-order valence-electron chi connectivity index (χ3n) is 5.37. The Bertz CT molecular complexity index is 836. The largest absolute Gasteiger partial charge is 0.356 e. The van der Waals surface area contributed by atoms with Crippen LogP contribution in [0.15, 0.2) is 54.9 Å². The van der Waals surface area contributed by atoms with E-state index in [9.17, 15) is 0 Å². The highest BCUT2D eigenvalue weighted by Crippen LogP contribution is 2.29. The Morgan fingerprint density at radius 2 is 1.76 bits per heavy atom. The third-order valence-corrected chi connectivity index (χ3v) is 5.37. The first-order chi connectivity index (χ1) is 12.3. The first-order valence-electron chi connectivity index (χ1n) is 9.36. The second kappa shape index (κ2) is 7.22. The van der Waals surface area contributed by atoms with Crippen LogP contribution in [0.4, 0.5) is 5.82 Å². The van der Waals surface area contributed by atoms with Gasteiger partial charge in [0.1, 0.15) is 12.1 Å². The molecule has 0 saturated carbocycles. The van der Waals surface area contributed by atoms with Crippen LogP contribution in [0, 0.1) is 5.92 Å². The minimum atomic E-state index is 0.776. The highest BCUT2D eigenvalue weighted by molar-refractivity contribution is 5.89. The minimum Gasteiger partial charge on any atom is -0.356 e. The van der Waals surface area contributed by atoms with E-state index in [-0.39, 0.29) is 0 Å². The Kier molecular flexibility index (Phi) is 4.64. The van der Waals surface area contributed by atoms with Crippen LogP contribution < -0.4 is 4.90 Å². The smallest absolute Gasteiger partial charge is 0.139 e. The fourth-order valence-electron chi connectivity index (χ4n) is 3.86. The van der Waals surface area contributed by atoms with Gasteiger partial charge in [0.05, 0.1) is 5.52 Å². The molecule has 1 aliphatic heterocycles. The number of piperidine rings is 1. The standard InChI is InChI=1S/C22H25N3/c1-2-17-8-9-21-20(15-17)22(24-16-23-21)25-12-10-19(11-13-25)14-18-6-4-3-5-7-18/h3-9,15-16,19H,2,10-14H2,1H3. The van der Waals surface area contributed by atoms with Gasteiger partial charge in [-0.2, -0.15) is 0 Å². The maximum atomic E-state index is 4.63. The number of hydrogen-bond donors (Lipinski definition) is 0. The van der Waals surface area contributed by atoms with Gasteiger partial charge in [-0.3, -0.25) is 0 Å². The summed E-state index contributed by atoms with van der Waals surface area (Å²) in [4.78, 5) is 11.5. The molecule has 2 aromatic carbocycles. The first-order valence-corrected chi connectivity index (χ1v) is 9.36. The minimum absolute atomic E-state index is 0.776. The van der Waals surface area contributed by atoms with Crippen LogP contribution in [0.3, 0.4) is 0 Å². The number of rotatable bonds is 4. The molecule has 0 unspecified atom stereocenters. The highest BCUT2D eigenvalue weighted by Gasteiger charge is 2.22. The molecule has 3 nitrogen and oxygen atoms in total. The van der Waals surface area contributed by atoms with Crippen LogP contribution in [-0.2, 0) is 12.8 Å². The van der Waals surface area contributed by atoms with Crippen LogP contribution in [0.25, 0.3) is 10.9 Å². The molecular formula is C22H25N3. The summed E-state index contributed by atoms with van der Waals surface area (Å²) in [5.41, 5.74) is 3.86. The third kappa shape index (κ3) is 3.51. The molecule has 0 amide bonds. The van der Waals surface area contributed by atoms with Gasteiger partial charge in [0.15, 0.2) is 0 Å². The predicted molar refractivity (Wildman–Crippen MR) is 104 cm³/mol. The van der Waals surface area contributed by atoms with Gasteiger partial charge in [-0.05, 0) is 54.9 Å². The molecule has 0 spiro atoms. The number of anilines is 1. The molecule has 2 heterocycles. The summed E-state index contributed by atoms with van der Waals surface area (Å²) in [6.45, 7) is 4.36. The topological polar surface area (TPSA) is 29.0 Å². The Balaban J connectivity index is 1.50. The molecular weight excluding hydrogens is 306 g/mol. The molecule has 0 atom stereocenters. The second-order valence-corrected chi connectivity index (χ2v) is 7.02. The fraction of sp³-hybridized carbons (Fsp3) is 0.364. The summed E-state index contributed by atoms with van der Waals surface area (Å²) in [7, 11) is 0. The molecule has 1 fully saturated rings. The molecule has 25 heavy (non-hydrogen) atoms. The molecule has 1 aromatic heterocycles. The van der Waals surface area contributed by atoms with Crippen molar-refractivity contribution in [2.45, 2.75) is 32.6 Å². The fourth-order valence-corrected chi connectivity index (χ4v) is 3.86. The van der Waals surface area contributed by atoms with Crippen molar-refractivity contribution in [3.63, 3.8) is 0 Å². The maximum Gasteiger partial charge on any atom is 0.139 e. The van der Waals surface area contributed by atoms with Crippen LogP contribution in [0.5, 0.6) is 0 Å². The van der Waals surface area contributed by atoms with Crippen molar-refractivity contribution in [1.29, 1.82) is 0 Å².